The van der Waals surface area contributed by atoms with Crippen LogP contribution in [0.3, 0.4) is 0 Å². The highest BCUT2D eigenvalue weighted by molar-refractivity contribution is 5.81. The van der Waals surface area contributed by atoms with Crippen LogP contribution in [-0.2, 0) is 6.54 Å². The SMILES string of the molecule is CCCN(c1nc2ccccc2cc1CNC)C(C)C. The summed E-state index contributed by atoms with van der Waals surface area (Å²) < 4.78 is 0. The molecule has 0 aliphatic carbocycles. The maximum atomic E-state index is 4.92. The molecule has 0 unspecified atom stereocenters. The van der Waals surface area contributed by atoms with Crippen LogP contribution < -0.4 is 10.2 Å². The molecule has 0 fully saturated rings. The van der Waals surface area contributed by atoms with Crippen molar-refractivity contribution in [3.05, 3.63) is 35.9 Å². The van der Waals surface area contributed by atoms with E-state index in [1.165, 1.54) is 10.9 Å². The molecule has 1 heterocycles. The average Bonchev–Trinajstić information content (AvgIpc) is 2.44. The summed E-state index contributed by atoms with van der Waals surface area (Å²) in [5.74, 6) is 1.12. The average molecular weight is 271 g/mol. The number of nitrogens with zero attached hydrogens (tertiary/aromatic N) is 2. The lowest BCUT2D eigenvalue weighted by molar-refractivity contribution is 0.656. The highest BCUT2D eigenvalue weighted by Crippen LogP contribution is 2.25. The number of rotatable bonds is 6. The van der Waals surface area contributed by atoms with Crippen LogP contribution in [0.1, 0.15) is 32.8 Å². The Morgan fingerprint density at radius 2 is 2.00 bits per heavy atom. The molecule has 0 aliphatic heterocycles. The van der Waals surface area contributed by atoms with E-state index in [-0.39, 0.29) is 0 Å². The number of aromatic nitrogens is 1. The van der Waals surface area contributed by atoms with Crippen LogP contribution in [-0.4, -0.2) is 24.6 Å². The zero-order valence-electron chi connectivity index (χ0n) is 13.0. The fourth-order valence-corrected chi connectivity index (χ4v) is 2.57. The lowest BCUT2D eigenvalue weighted by atomic mass is 10.1. The molecule has 0 aliphatic rings. The van der Waals surface area contributed by atoms with Crippen LogP contribution in [0.25, 0.3) is 10.9 Å². The van der Waals surface area contributed by atoms with Gasteiger partial charge >= 0.3 is 0 Å². The van der Waals surface area contributed by atoms with Crippen LogP contribution in [0.5, 0.6) is 0 Å². The van der Waals surface area contributed by atoms with Gasteiger partial charge in [0.25, 0.3) is 0 Å². The molecule has 0 amide bonds. The molecular formula is C17H25N3. The van der Waals surface area contributed by atoms with Crippen molar-refractivity contribution >= 4 is 16.7 Å². The van der Waals surface area contributed by atoms with Crippen molar-refractivity contribution in [2.24, 2.45) is 0 Å². The Balaban J connectivity index is 2.55. The standard InChI is InChI=1S/C17H25N3/c1-5-10-20(13(2)3)17-15(12-18-4)11-14-8-6-7-9-16(14)19-17/h6-9,11,13,18H,5,10,12H2,1-4H3. The van der Waals surface area contributed by atoms with Gasteiger partial charge in [-0.3, -0.25) is 0 Å². The lowest BCUT2D eigenvalue weighted by Gasteiger charge is -2.29. The van der Waals surface area contributed by atoms with E-state index in [9.17, 15) is 0 Å². The van der Waals surface area contributed by atoms with Crippen molar-refractivity contribution in [3.8, 4) is 0 Å². The van der Waals surface area contributed by atoms with Crippen molar-refractivity contribution in [1.82, 2.24) is 10.3 Å². The van der Waals surface area contributed by atoms with Gasteiger partial charge < -0.3 is 10.2 Å². The first-order valence-electron chi connectivity index (χ1n) is 7.47. The monoisotopic (exact) mass is 271 g/mol. The van der Waals surface area contributed by atoms with E-state index in [1.54, 1.807) is 0 Å². The maximum absolute atomic E-state index is 4.92. The van der Waals surface area contributed by atoms with Gasteiger partial charge in [0, 0.05) is 30.1 Å². The summed E-state index contributed by atoms with van der Waals surface area (Å²) in [5, 5.41) is 4.47. The van der Waals surface area contributed by atoms with Gasteiger partial charge in [-0.25, -0.2) is 4.98 Å². The minimum Gasteiger partial charge on any atom is -0.354 e. The van der Waals surface area contributed by atoms with E-state index >= 15 is 0 Å². The molecule has 0 spiro atoms. The molecule has 20 heavy (non-hydrogen) atoms. The normalized spacial score (nSPS) is 11.2. The van der Waals surface area contributed by atoms with Crippen molar-refractivity contribution in [2.45, 2.75) is 39.8 Å². The van der Waals surface area contributed by atoms with Crippen LogP contribution in [0.15, 0.2) is 30.3 Å². The summed E-state index contributed by atoms with van der Waals surface area (Å²) in [6, 6.07) is 11.1. The molecule has 108 valence electrons. The number of para-hydroxylation sites is 1. The van der Waals surface area contributed by atoms with Crippen molar-refractivity contribution < 1.29 is 0 Å². The fourth-order valence-electron chi connectivity index (χ4n) is 2.57. The topological polar surface area (TPSA) is 28.2 Å². The number of fused-ring (bicyclic) bond motifs is 1. The van der Waals surface area contributed by atoms with Gasteiger partial charge in [0.2, 0.25) is 0 Å². The van der Waals surface area contributed by atoms with Gasteiger partial charge in [-0.05, 0) is 39.4 Å². The van der Waals surface area contributed by atoms with Crippen molar-refractivity contribution in [2.75, 3.05) is 18.5 Å². The second-order valence-electron chi connectivity index (χ2n) is 5.48. The largest absolute Gasteiger partial charge is 0.354 e. The molecule has 3 heteroatoms. The second-order valence-corrected chi connectivity index (χ2v) is 5.48. The molecule has 3 nitrogen and oxygen atoms in total. The fraction of sp³-hybridized carbons (Fsp3) is 0.471. The molecule has 1 aromatic heterocycles. The summed E-state index contributed by atoms with van der Waals surface area (Å²) >= 11 is 0. The van der Waals surface area contributed by atoms with Crippen LogP contribution >= 0.6 is 0 Å². The predicted octanol–water partition coefficient (Wildman–Crippen LogP) is 3.58. The number of hydrogen-bond donors (Lipinski definition) is 1. The number of pyridine rings is 1. The summed E-state index contributed by atoms with van der Waals surface area (Å²) in [6.07, 6.45) is 1.13. The van der Waals surface area contributed by atoms with E-state index in [0.29, 0.717) is 6.04 Å². The van der Waals surface area contributed by atoms with E-state index in [2.05, 4.69) is 61.3 Å². The molecule has 0 saturated carbocycles. The molecule has 0 atom stereocenters. The molecule has 0 radical (unpaired) electrons. The minimum absolute atomic E-state index is 0.458. The number of benzene rings is 1. The van der Waals surface area contributed by atoms with Gasteiger partial charge in [0.05, 0.1) is 5.52 Å². The Morgan fingerprint density at radius 1 is 1.25 bits per heavy atom. The Kier molecular flexibility index (Phi) is 4.96. The zero-order chi connectivity index (χ0) is 14.5. The number of hydrogen-bond acceptors (Lipinski definition) is 3. The quantitative estimate of drug-likeness (QED) is 0.870. The Labute approximate surface area is 122 Å². The first-order chi connectivity index (χ1) is 9.67. The van der Waals surface area contributed by atoms with Gasteiger partial charge in [-0.15, -0.1) is 0 Å². The van der Waals surface area contributed by atoms with Crippen LogP contribution in [0.2, 0.25) is 0 Å². The molecular weight excluding hydrogens is 246 g/mol. The van der Waals surface area contributed by atoms with Crippen molar-refractivity contribution in [1.29, 1.82) is 0 Å². The van der Waals surface area contributed by atoms with E-state index in [0.717, 1.165) is 30.8 Å². The van der Waals surface area contributed by atoms with Gasteiger partial charge in [0.15, 0.2) is 0 Å². The molecule has 1 N–H and O–H groups in total. The zero-order valence-corrected chi connectivity index (χ0v) is 13.0. The first kappa shape index (κ1) is 14.8. The molecule has 2 aromatic rings. The van der Waals surface area contributed by atoms with Gasteiger partial charge in [-0.1, -0.05) is 25.1 Å². The molecule has 0 saturated heterocycles. The summed E-state index contributed by atoms with van der Waals surface area (Å²) in [5.41, 5.74) is 2.34. The first-order valence-corrected chi connectivity index (χ1v) is 7.47. The van der Waals surface area contributed by atoms with Crippen LogP contribution in [0, 0.1) is 0 Å². The summed E-state index contributed by atoms with van der Waals surface area (Å²) in [6.45, 7) is 8.57. The van der Waals surface area contributed by atoms with E-state index < -0.39 is 0 Å². The predicted molar refractivity (Wildman–Crippen MR) is 87.3 cm³/mol. The number of anilines is 1. The summed E-state index contributed by atoms with van der Waals surface area (Å²) in [4.78, 5) is 7.32. The van der Waals surface area contributed by atoms with Gasteiger partial charge in [-0.2, -0.15) is 0 Å². The third-order valence-electron chi connectivity index (χ3n) is 3.51. The third-order valence-corrected chi connectivity index (χ3v) is 3.51. The highest BCUT2D eigenvalue weighted by atomic mass is 15.2. The smallest absolute Gasteiger partial charge is 0.134 e. The molecule has 1 aromatic carbocycles. The van der Waals surface area contributed by atoms with Crippen LogP contribution in [0.4, 0.5) is 5.82 Å². The highest BCUT2D eigenvalue weighted by Gasteiger charge is 2.16. The molecule has 2 rings (SSSR count). The molecule has 0 bridgehead atoms. The Morgan fingerprint density at radius 3 is 2.65 bits per heavy atom. The Bertz CT molecular complexity index is 563. The van der Waals surface area contributed by atoms with E-state index in [4.69, 9.17) is 4.98 Å². The lowest BCUT2D eigenvalue weighted by Crippen LogP contribution is -2.33. The Hall–Kier alpha value is -1.61. The van der Waals surface area contributed by atoms with E-state index in [1.807, 2.05) is 7.05 Å². The number of nitrogens with one attached hydrogen (secondary N) is 1. The third kappa shape index (κ3) is 3.10. The minimum atomic E-state index is 0.458. The van der Waals surface area contributed by atoms with Crippen molar-refractivity contribution in [3.63, 3.8) is 0 Å². The summed E-state index contributed by atoms with van der Waals surface area (Å²) in [7, 11) is 1.98. The second kappa shape index (κ2) is 6.71. The van der Waals surface area contributed by atoms with Gasteiger partial charge in [0.1, 0.15) is 5.82 Å². The maximum Gasteiger partial charge on any atom is 0.134 e.